The van der Waals surface area contributed by atoms with E-state index in [1.807, 2.05) is 30.0 Å². The molecule has 124 valence electrons. The van der Waals surface area contributed by atoms with E-state index < -0.39 is 0 Å². The summed E-state index contributed by atoms with van der Waals surface area (Å²) in [7, 11) is 3.18. The summed E-state index contributed by atoms with van der Waals surface area (Å²) in [5.41, 5.74) is 1.90. The van der Waals surface area contributed by atoms with Crippen molar-refractivity contribution in [2.24, 2.45) is 0 Å². The molecule has 5 nitrogen and oxygen atoms in total. The number of thiophene rings is 1. The number of aromatic nitrogens is 2. The van der Waals surface area contributed by atoms with Gasteiger partial charge in [0.05, 0.1) is 23.8 Å². The van der Waals surface area contributed by atoms with Crippen molar-refractivity contribution in [1.29, 1.82) is 0 Å². The first-order chi connectivity index (χ1) is 11.7. The van der Waals surface area contributed by atoms with Crippen LogP contribution in [0.1, 0.15) is 12.0 Å². The van der Waals surface area contributed by atoms with Gasteiger partial charge in [-0.05, 0) is 42.4 Å². The normalized spacial score (nSPS) is 13.8. The number of ether oxygens (including phenoxy) is 2. The number of aryl methyl sites for hydroxylation is 1. The van der Waals surface area contributed by atoms with E-state index in [2.05, 4.69) is 4.98 Å². The fourth-order valence-corrected chi connectivity index (χ4v) is 5.45. The van der Waals surface area contributed by atoms with Gasteiger partial charge in [0.1, 0.15) is 10.7 Å². The average Bonchev–Trinajstić information content (AvgIpc) is 2.99. The molecular formula is C17H16N2O3S2. The number of hydrogen-bond donors (Lipinski definition) is 1. The molecule has 3 aromatic rings. The molecule has 0 saturated heterocycles. The van der Waals surface area contributed by atoms with Gasteiger partial charge in [-0.15, -0.1) is 23.1 Å². The van der Waals surface area contributed by atoms with Crippen molar-refractivity contribution < 1.29 is 9.47 Å². The second kappa shape index (κ2) is 6.14. The molecule has 0 atom stereocenters. The molecule has 4 rings (SSSR count). The summed E-state index contributed by atoms with van der Waals surface area (Å²) < 4.78 is 11.8. The molecule has 0 amide bonds. The lowest BCUT2D eigenvalue weighted by molar-refractivity contribution is 0.355. The number of nitrogens with one attached hydrogen (secondary N) is 1. The zero-order chi connectivity index (χ0) is 16.7. The number of thioether (sulfide) groups is 1. The molecule has 0 fully saturated rings. The van der Waals surface area contributed by atoms with E-state index in [1.54, 1.807) is 25.6 Å². The van der Waals surface area contributed by atoms with Gasteiger partial charge in [-0.1, -0.05) is 0 Å². The van der Waals surface area contributed by atoms with Gasteiger partial charge in [0.2, 0.25) is 0 Å². The molecule has 0 spiro atoms. The van der Waals surface area contributed by atoms with Crippen LogP contribution in [0.15, 0.2) is 27.2 Å². The second-order valence-corrected chi connectivity index (χ2v) is 7.85. The fourth-order valence-electron chi connectivity index (χ4n) is 2.92. The second-order valence-electron chi connectivity index (χ2n) is 5.48. The highest BCUT2D eigenvalue weighted by Crippen LogP contribution is 2.40. The highest BCUT2D eigenvalue weighted by molar-refractivity contribution is 8.01. The smallest absolute Gasteiger partial charge is 0.260 e. The van der Waals surface area contributed by atoms with Crippen molar-refractivity contribution in [3.8, 4) is 22.9 Å². The van der Waals surface area contributed by atoms with E-state index in [-0.39, 0.29) is 5.56 Å². The summed E-state index contributed by atoms with van der Waals surface area (Å²) in [4.78, 5) is 21.1. The van der Waals surface area contributed by atoms with Crippen LogP contribution in [-0.4, -0.2) is 29.9 Å². The van der Waals surface area contributed by atoms with E-state index in [0.29, 0.717) is 17.3 Å². The molecule has 3 heterocycles. The lowest BCUT2D eigenvalue weighted by atomic mass is 10.1. The van der Waals surface area contributed by atoms with Gasteiger partial charge >= 0.3 is 0 Å². The number of nitrogens with zero attached hydrogens (tertiary/aromatic N) is 1. The number of fused-ring (bicyclic) bond motifs is 3. The standard InChI is InChI=1S/C17H16N2O3S2/c1-21-11-6-5-9(8-12(11)22-2)14-18-15(20)13-10-4-3-7-23-17(10)24-16(13)19-14/h5-6,8H,3-4,7H2,1-2H3,(H,18,19,20). The van der Waals surface area contributed by atoms with Crippen LogP contribution in [-0.2, 0) is 6.42 Å². The third-order valence-corrected chi connectivity index (χ3v) is 6.61. The third-order valence-electron chi connectivity index (χ3n) is 4.09. The van der Waals surface area contributed by atoms with E-state index >= 15 is 0 Å². The minimum atomic E-state index is -0.0650. The molecule has 0 aliphatic carbocycles. The maximum atomic E-state index is 12.6. The maximum absolute atomic E-state index is 12.6. The quantitative estimate of drug-likeness (QED) is 0.771. The highest BCUT2D eigenvalue weighted by atomic mass is 32.2. The zero-order valence-corrected chi connectivity index (χ0v) is 15.0. The lowest BCUT2D eigenvalue weighted by Gasteiger charge is -2.10. The molecule has 0 radical (unpaired) electrons. The Balaban J connectivity index is 1.88. The SMILES string of the molecule is COc1ccc(-c2nc3sc4c(c3c(=O)[nH]2)CCCS4)cc1OC. The topological polar surface area (TPSA) is 64.2 Å². The van der Waals surface area contributed by atoms with Crippen LogP contribution in [0.25, 0.3) is 21.6 Å². The number of methoxy groups -OCH3 is 2. The van der Waals surface area contributed by atoms with Gasteiger partial charge in [-0.25, -0.2) is 4.98 Å². The van der Waals surface area contributed by atoms with Crippen molar-refractivity contribution >= 4 is 33.3 Å². The predicted octanol–water partition coefficient (Wildman–Crippen LogP) is 3.71. The third kappa shape index (κ3) is 2.48. The van der Waals surface area contributed by atoms with Crippen LogP contribution in [0.4, 0.5) is 0 Å². The van der Waals surface area contributed by atoms with Gasteiger partial charge in [-0.2, -0.15) is 0 Å². The van der Waals surface area contributed by atoms with Crippen LogP contribution in [0.5, 0.6) is 11.5 Å². The van der Waals surface area contributed by atoms with Crippen LogP contribution >= 0.6 is 23.1 Å². The predicted molar refractivity (Wildman–Crippen MR) is 97.8 cm³/mol. The van der Waals surface area contributed by atoms with Gasteiger partial charge in [0, 0.05) is 5.56 Å². The summed E-state index contributed by atoms with van der Waals surface area (Å²) in [5.74, 6) is 2.92. The van der Waals surface area contributed by atoms with E-state index in [4.69, 9.17) is 14.5 Å². The zero-order valence-electron chi connectivity index (χ0n) is 13.3. The Morgan fingerprint density at radius 2 is 2.04 bits per heavy atom. The summed E-state index contributed by atoms with van der Waals surface area (Å²) in [6, 6.07) is 5.51. The fraction of sp³-hybridized carbons (Fsp3) is 0.294. The van der Waals surface area contributed by atoms with Crippen molar-refractivity contribution in [3.05, 3.63) is 34.1 Å². The van der Waals surface area contributed by atoms with E-state index in [9.17, 15) is 4.79 Å². The summed E-state index contributed by atoms with van der Waals surface area (Å²) in [6.45, 7) is 0. The minimum Gasteiger partial charge on any atom is -0.493 e. The molecule has 1 aliphatic rings. The number of hydrogen-bond acceptors (Lipinski definition) is 6. The van der Waals surface area contributed by atoms with Crippen LogP contribution < -0.4 is 15.0 Å². The summed E-state index contributed by atoms with van der Waals surface area (Å²) in [5, 5.41) is 0.756. The van der Waals surface area contributed by atoms with E-state index in [1.165, 1.54) is 9.77 Å². The molecule has 1 N–H and O–H groups in total. The molecule has 24 heavy (non-hydrogen) atoms. The maximum Gasteiger partial charge on any atom is 0.260 e. The molecule has 0 bridgehead atoms. The number of rotatable bonds is 3. The highest BCUT2D eigenvalue weighted by Gasteiger charge is 2.20. The van der Waals surface area contributed by atoms with Gasteiger partial charge in [0.25, 0.3) is 5.56 Å². The largest absolute Gasteiger partial charge is 0.493 e. The van der Waals surface area contributed by atoms with Gasteiger partial charge < -0.3 is 14.5 Å². The Bertz CT molecular complexity index is 978. The molecule has 1 aliphatic heterocycles. The van der Waals surface area contributed by atoms with Gasteiger partial charge in [-0.3, -0.25) is 4.79 Å². The number of H-pyrrole nitrogens is 1. The first kappa shape index (κ1) is 15.5. The molecule has 1 aromatic carbocycles. The molecular weight excluding hydrogens is 344 g/mol. The monoisotopic (exact) mass is 360 g/mol. The lowest BCUT2D eigenvalue weighted by Crippen LogP contribution is -2.10. The van der Waals surface area contributed by atoms with Crippen LogP contribution in [0.2, 0.25) is 0 Å². The van der Waals surface area contributed by atoms with E-state index in [0.717, 1.165) is 34.4 Å². The molecule has 0 saturated carbocycles. The summed E-state index contributed by atoms with van der Waals surface area (Å²) >= 11 is 3.44. The Hall–Kier alpha value is -1.99. The molecule has 0 unspecified atom stereocenters. The Morgan fingerprint density at radius 1 is 1.21 bits per heavy atom. The first-order valence-electron chi connectivity index (χ1n) is 7.62. The number of aromatic amines is 1. The van der Waals surface area contributed by atoms with Crippen molar-refractivity contribution in [2.45, 2.75) is 17.1 Å². The van der Waals surface area contributed by atoms with Crippen LogP contribution in [0.3, 0.4) is 0 Å². The Kier molecular flexibility index (Phi) is 3.97. The molecule has 2 aromatic heterocycles. The van der Waals surface area contributed by atoms with Crippen LogP contribution in [0, 0.1) is 0 Å². The van der Waals surface area contributed by atoms with Gasteiger partial charge in [0.15, 0.2) is 11.5 Å². The van der Waals surface area contributed by atoms with Crippen molar-refractivity contribution in [1.82, 2.24) is 9.97 Å². The summed E-state index contributed by atoms with van der Waals surface area (Å²) in [6.07, 6.45) is 2.07. The minimum absolute atomic E-state index is 0.0650. The van der Waals surface area contributed by atoms with Crippen molar-refractivity contribution in [3.63, 3.8) is 0 Å². The first-order valence-corrected chi connectivity index (χ1v) is 9.42. The molecule has 7 heteroatoms. The van der Waals surface area contributed by atoms with Crippen molar-refractivity contribution in [2.75, 3.05) is 20.0 Å². The number of benzene rings is 1. The average molecular weight is 360 g/mol. The Morgan fingerprint density at radius 3 is 2.83 bits per heavy atom. The Labute approximate surface area is 147 Å².